The molecule has 2 amide bonds. The molecule has 1 aliphatic carbocycles. The first-order valence-corrected chi connectivity index (χ1v) is 15.3. The van der Waals surface area contributed by atoms with E-state index >= 15 is 4.39 Å². The molecule has 1 aromatic carbocycles. The predicted molar refractivity (Wildman–Crippen MR) is 148 cm³/mol. The number of benzene rings is 1. The molecule has 0 spiro atoms. The number of ether oxygens (including phenoxy) is 2. The molecule has 0 radical (unpaired) electrons. The Bertz CT molecular complexity index is 1330. The molecule has 13 heteroatoms. The summed E-state index contributed by atoms with van der Waals surface area (Å²) in [5.74, 6) is -2.69. The fourth-order valence-corrected chi connectivity index (χ4v) is 6.74. The lowest BCUT2D eigenvalue weighted by atomic mass is 9.86. The number of hydrogen-bond donors (Lipinski definition) is 2. The number of carbonyl (C=O) groups excluding carboxylic acids is 3. The quantitative estimate of drug-likeness (QED) is 0.336. The summed E-state index contributed by atoms with van der Waals surface area (Å²) in [5, 5.41) is 10.4. The number of rotatable bonds is 8. The van der Waals surface area contributed by atoms with Crippen LogP contribution in [0.3, 0.4) is 0 Å². The number of nitrogens with one attached hydrogen (secondary N) is 1. The molecule has 1 saturated heterocycles. The molecule has 0 bridgehead atoms. The van der Waals surface area contributed by atoms with Gasteiger partial charge in [-0.2, -0.15) is 8.42 Å². The molecule has 11 nitrogen and oxygen atoms in total. The lowest BCUT2D eigenvalue weighted by Gasteiger charge is -2.30. The van der Waals surface area contributed by atoms with E-state index in [1.165, 1.54) is 17.9 Å². The minimum Gasteiger partial charge on any atom is -0.506 e. The van der Waals surface area contributed by atoms with Crippen LogP contribution in [0.5, 0.6) is 5.75 Å². The Morgan fingerprint density at radius 1 is 1.20 bits per heavy atom. The summed E-state index contributed by atoms with van der Waals surface area (Å²) in [5.41, 5.74) is -0.384. The maximum atomic E-state index is 16.0. The van der Waals surface area contributed by atoms with Crippen molar-refractivity contribution in [1.82, 2.24) is 9.62 Å². The second-order valence-electron chi connectivity index (χ2n) is 12.1. The van der Waals surface area contributed by atoms with E-state index in [0.29, 0.717) is 22.7 Å². The van der Waals surface area contributed by atoms with E-state index < -0.39 is 64.3 Å². The van der Waals surface area contributed by atoms with Gasteiger partial charge in [0, 0.05) is 25.5 Å². The zero-order valence-corrected chi connectivity index (χ0v) is 24.6. The first-order valence-electron chi connectivity index (χ1n) is 13.9. The highest BCUT2D eigenvalue weighted by molar-refractivity contribution is 7.92. The van der Waals surface area contributed by atoms with Crippen LogP contribution in [0.1, 0.15) is 78.2 Å². The van der Waals surface area contributed by atoms with Crippen molar-refractivity contribution < 1.29 is 41.8 Å². The number of hydrogen-bond acceptors (Lipinski definition) is 8. The van der Waals surface area contributed by atoms with Crippen LogP contribution < -0.4 is 9.03 Å². The molecule has 4 rings (SSSR count). The normalized spacial score (nSPS) is 21.5. The summed E-state index contributed by atoms with van der Waals surface area (Å²) in [7, 11) is -4.38. The molecule has 0 aromatic heterocycles. The number of phenolic OH excluding ortho intramolecular Hbond substituents is 1. The molecule has 2 unspecified atom stereocenters. The van der Waals surface area contributed by atoms with E-state index in [-0.39, 0.29) is 29.9 Å². The number of phenols is 1. The Kier molecular flexibility index (Phi) is 8.86. The SMILES string of the molecule is CC(OC(=O)CC1CCCC1)OC(=O)N1CC=C(c2ccc(O)c(N3CC(=O)NS3(=O)=O)c2F)C1CCC(C)(C)C. The van der Waals surface area contributed by atoms with Gasteiger partial charge in [-0.3, -0.25) is 14.5 Å². The fourth-order valence-electron chi connectivity index (χ4n) is 5.58. The standard InChI is InChI=1S/C28H38FN3O8S/c1-17(39-24(35)15-18-7-5-6-8-18)40-27(36)31-14-12-19(21(31)11-13-28(2,3)4)20-9-10-22(33)26(25(20)29)32-16-23(34)30-41(32,37)38/h9-10,12,17-18,21,33H,5-8,11,13-16H2,1-4H3,(H,30,34). The van der Waals surface area contributed by atoms with Crippen LogP contribution >= 0.6 is 0 Å². The number of amides is 2. The van der Waals surface area contributed by atoms with Crippen LogP contribution in [-0.4, -0.2) is 61.8 Å². The first kappa shape index (κ1) is 30.6. The summed E-state index contributed by atoms with van der Waals surface area (Å²) in [6.45, 7) is 6.95. The molecule has 2 aliphatic heterocycles. The van der Waals surface area contributed by atoms with Gasteiger partial charge in [-0.05, 0) is 54.7 Å². The van der Waals surface area contributed by atoms with Gasteiger partial charge in [0.1, 0.15) is 18.0 Å². The lowest BCUT2D eigenvalue weighted by Crippen LogP contribution is -2.40. The van der Waals surface area contributed by atoms with Crippen LogP contribution in [0.15, 0.2) is 18.2 Å². The molecule has 3 aliphatic rings. The third kappa shape index (κ3) is 7.11. The Hall–Kier alpha value is -3.35. The van der Waals surface area contributed by atoms with Gasteiger partial charge < -0.3 is 14.6 Å². The van der Waals surface area contributed by atoms with Crippen molar-refractivity contribution in [2.75, 3.05) is 17.4 Å². The molecule has 1 aromatic rings. The second-order valence-corrected chi connectivity index (χ2v) is 13.6. The van der Waals surface area contributed by atoms with Gasteiger partial charge >= 0.3 is 22.3 Å². The minimum atomic E-state index is -4.38. The van der Waals surface area contributed by atoms with E-state index in [9.17, 15) is 27.9 Å². The van der Waals surface area contributed by atoms with Crippen molar-refractivity contribution >= 4 is 39.4 Å². The summed E-state index contributed by atoms with van der Waals surface area (Å²) in [6, 6.07) is 1.81. The maximum absolute atomic E-state index is 16.0. The van der Waals surface area contributed by atoms with Gasteiger partial charge in [0.15, 0.2) is 5.82 Å². The van der Waals surface area contributed by atoms with Gasteiger partial charge in [0.25, 0.3) is 5.91 Å². The zero-order valence-electron chi connectivity index (χ0n) is 23.8. The minimum absolute atomic E-state index is 0.0161. The molecule has 2 N–H and O–H groups in total. The smallest absolute Gasteiger partial charge is 0.413 e. The van der Waals surface area contributed by atoms with Crippen LogP contribution in [0.2, 0.25) is 0 Å². The lowest BCUT2D eigenvalue weighted by molar-refractivity contribution is -0.167. The van der Waals surface area contributed by atoms with Crippen LogP contribution in [0.25, 0.3) is 5.57 Å². The molecule has 226 valence electrons. The van der Waals surface area contributed by atoms with Crippen LogP contribution in [0.4, 0.5) is 14.9 Å². The van der Waals surface area contributed by atoms with Crippen molar-refractivity contribution in [2.24, 2.45) is 11.3 Å². The Morgan fingerprint density at radius 2 is 1.88 bits per heavy atom. The molecular weight excluding hydrogens is 557 g/mol. The van der Waals surface area contributed by atoms with Crippen molar-refractivity contribution in [3.8, 4) is 5.75 Å². The van der Waals surface area contributed by atoms with E-state index in [0.717, 1.165) is 31.7 Å². The third-order valence-electron chi connectivity index (χ3n) is 7.62. The Morgan fingerprint density at radius 3 is 2.49 bits per heavy atom. The topological polar surface area (TPSA) is 143 Å². The molecule has 2 fully saturated rings. The van der Waals surface area contributed by atoms with Gasteiger partial charge in [0.2, 0.25) is 6.29 Å². The summed E-state index contributed by atoms with van der Waals surface area (Å²) in [4.78, 5) is 38.7. The van der Waals surface area contributed by atoms with Crippen molar-refractivity contribution in [1.29, 1.82) is 0 Å². The maximum Gasteiger partial charge on any atom is 0.413 e. The van der Waals surface area contributed by atoms with Gasteiger partial charge in [0.05, 0.1) is 6.04 Å². The van der Waals surface area contributed by atoms with Gasteiger partial charge in [-0.15, -0.1) is 0 Å². The summed E-state index contributed by atoms with van der Waals surface area (Å²) < 4.78 is 53.8. The zero-order chi connectivity index (χ0) is 30.1. The third-order valence-corrected chi connectivity index (χ3v) is 8.99. The Labute approximate surface area is 239 Å². The Balaban J connectivity index is 1.55. The summed E-state index contributed by atoms with van der Waals surface area (Å²) >= 11 is 0. The van der Waals surface area contributed by atoms with Crippen LogP contribution in [0, 0.1) is 17.2 Å². The molecule has 2 heterocycles. The largest absolute Gasteiger partial charge is 0.506 e. The fraction of sp³-hybridized carbons (Fsp3) is 0.607. The first-order chi connectivity index (χ1) is 19.2. The molecular formula is C28H38FN3O8S. The van der Waals surface area contributed by atoms with Gasteiger partial charge in [-0.25, -0.2) is 18.2 Å². The molecule has 1 saturated carbocycles. The number of esters is 1. The van der Waals surface area contributed by atoms with E-state index in [1.807, 2.05) is 20.8 Å². The highest BCUT2D eigenvalue weighted by Crippen LogP contribution is 2.41. The highest BCUT2D eigenvalue weighted by atomic mass is 32.2. The molecule has 2 atom stereocenters. The monoisotopic (exact) mass is 595 g/mol. The number of aromatic hydroxyl groups is 1. The van der Waals surface area contributed by atoms with E-state index in [2.05, 4.69) is 0 Å². The van der Waals surface area contributed by atoms with Crippen molar-refractivity contribution in [3.63, 3.8) is 0 Å². The average Bonchev–Trinajstić information content (AvgIpc) is 3.56. The average molecular weight is 596 g/mol. The second kappa shape index (κ2) is 11.9. The van der Waals surface area contributed by atoms with E-state index in [1.54, 1.807) is 10.8 Å². The number of anilines is 1. The summed E-state index contributed by atoms with van der Waals surface area (Å²) in [6.07, 6.45) is 5.28. The van der Waals surface area contributed by atoms with Gasteiger partial charge in [-0.1, -0.05) is 39.7 Å². The number of halogens is 1. The van der Waals surface area contributed by atoms with E-state index in [4.69, 9.17) is 9.47 Å². The predicted octanol–water partition coefficient (Wildman–Crippen LogP) is 4.21. The molecule has 41 heavy (non-hydrogen) atoms. The van der Waals surface area contributed by atoms with Crippen molar-refractivity contribution in [2.45, 2.75) is 85.0 Å². The number of carbonyl (C=O) groups is 3. The number of nitrogens with zero attached hydrogens (tertiary/aromatic N) is 2. The van der Waals surface area contributed by atoms with Crippen molar-refractivity contribution in [3.05, 3.63) is 29.6 Å². The highest BCUT2D eigenvalue weighted by Gasteiger charge is 2.40. The van der Waals surface area contributed by atoms with Crippen LogP contribution in [-0.2, 0) is 29.3 Å².